The van der Waals surface area contributed by atoms with E-state index in [1.807, 2.05) is 11.9 Å². The summed E-state index contributed by atoms with van der Waals surface area (Å²) in [5.41, 5.74) is 2.57. The highest BCUT2D eigenvalue weighted by Crippen LogP contribution is 2.26. The second-order valence-corrected chi connectivity index (χ2v) is 6.54. The summed E-state index contributed by atoms with van der Waals surface area (Å²) in [6.07, 6.45) is 9.85. The molecule has 1 heterocycles. The zero-order valence-corrected chi connectivity index (χ0v) is 13.5. The van der Waals surface area contributed by atoms with Crippen LogP contribution >= 0.6 is 0 Å². The summed E-state index contributed by atoms with van der Waals surface area (Å²) < 4.78 is 0. The first-order chi connectivity index (χ1) is 10.7. The molecule has 1 fully saturated rings. The monoisotopic (exact) mass is 298 g/mol. The maximum Gasteiger partial charge on any atom is 0.223 e. The maximum absolute atomic E-state index is 12.4. The number of carbonyl (C=O) groups is 1. The molecule has 0 spiro atoms. The predicted octanol–water partition coefficient (Wildman–Crippen LogP) is 3.60. The molecule has 0 saturated carbocycles. The van der Waals surface area contributed by atoms with Crippen LogP contribution in [0.1, 0.15) is 37.7 Å². The van der Waals surface area contributed by atoms with Crippen molar-refractivity contribution in [3.05, 3.63) is 42.0 Å². The van der Waals surface area contributed by atoms with Crippen molar-refractivity contribution < 1.29 is 4.79 Å². The molecule has 3 nitrogen and oxygen atoms in total. The molecule has 1 atom stereocenters. The van der Waals surface area contributed by atoms with E-state index < -0.39 is 0 Å². The summed E-state index contributed by atoms with van der Waals surface area (Å²) in [6.45, 7) is 2.99. The molecule has 1 aromatic carbocycles. The summed E-state index contributed by atoms with van der Waals surface area (Å²) in [5, 5.41) is 0. The molecule has 2 aliphatic rings. The quantitative estimate of drug-likeness (QED) is 0.775. The molecule has 1 aromatic rings. The summed E-state index contributed by atoms with van der Waals surface area (Å²) in [4.78, 5) is 16.8. The van der Waals surface area contributed by atoms with Gasteiger partial charge in [0.2, 0.25) is 5.91 Å². The van der Waals surface area contributed by atoms with E-state index in [0.717, 1.165) is 25.9 Å². The second-order valence-electron chi connectivity index (χ2n) is 6.54. The zero-order chi connectivity index (χ0) is 15.4. The van der Waals surface area contributed by atoms with Crippen LogP contribution in [-0.2, 0) is 11.3 Å². The van der Waals surface area contributed by atoms with Crippen LogP contribution in [0.15, 0.2) is 36.4 Å². The van der Waals surface area contributed by atoms with Gasteiger partial charge in [0, 0.05) is 38.8 Å². The molecular weight excluding hydrogens is 272 g/mol. The van der Waals surface area contributed by atoms with Gasteiger partial charge in [-0.2, -0.15) is 0 Å². The van der Waals surface area contributed by atoms with Gasteiger partial charge >= 0.3 is 0 Å². The lowest BCUT2D eigenvalue weighted by atomic mass is 10.0. The molecule has 1 aliphatic carbocycles. The van der Waals surface area contributed by atoms with Crippen molar-refractivity contribution >= 4 is 11.6 Å². The molecule has 3 rings (SSSR count). The van der Waals surface area contributed by atoms with Crippen molar-refractivity contribution in [2.24, 2.45) is 5.92 Å². The summed E-state index contributed by atoms with van der Waals surface area (Å²) >= 11 is 0. The van der Waals surface area contributed by atoms with Crippen LogP contribution in [0.25, 0.3) is 0 Å². The van der Waals surface area contributed by atoms with E-state index in [9.17, 15) is 4.79 Å². The van der Waals surface area contributed by atoms with E-state index >= 15 is 0 Å². The van der Waals surface area contributed by atoms with E-state index in [2.05, 4.69) is 41.3 Å². The van der Waals surface area contributed by atoms with Gasteiger partial charge in [-0.1, -0.05) is 30.4 Å². The Labute approximate surface area is 133 Å². The third-order valence-corrected chi connectivity index (χ3v) is 4.82. The number of allylic oxidation sites excluding steroid dienone is 2. The number of hydrogen-bond donors (Lipinski definition) is 0. The highest BCUT2D eigenvalue weighted by Gasteiger charge is 2.20. The number of nitrogens with zero attached hydrogens (tertiary/aromatic N) is 2. The summed E-state index contributed by atoms with van der Waals surface area (Å²) in [5.74, 6) is 0.705. The van der Waals surface area contributed by atoms with Gasteiger partial charge in [-0.3, -0.25) is 4.79 Å². The molecule has 1 aliphatic heterocycles. The predicted molar refractivity (Wildman–Crippen MR) is 90.8 cm³/mol. The Bertz CT molecular complexity index is 546. The first-order valence-electron chi connectivity index (χ1n) is 8.47. The van der Waals surface area contributed by atoms with Gasteiger partial charge in [-0.15, -0.1) is 0 Å². The van der Waals surface area contributed by atoms with Crippen LogP contribution in [0.4, 0.5) is 5.69 Å². The Hall–Kier alpha value is -1.77. The van der Waals surface area contributed by atoms with E-state index in [1.165, 1.54) is 24.1 Å². The Balaban J connectivity index is 1.64. The van der Waals surface area contributed by atoms with Crippen molar-refractivity contribution in [1.82, 2.24) is 4.90 Å². The van der Waals surface area contributed by atoms with Crippen molar-refractivity contribution in [3.63, 3.8) is 0 Å². The van der Waals surface area contributed by atoms with Gasteiger partial charge in [0.25, 0.3) is 0 Å². The van der Waals surface area contributed by atoms with E-state index in [0.29, 0.717) is 18.9 Å². The smallest absolute Gasteiger partial charge is 0.223 e. The number of benzene rings is 1. The van der Waals surface area contributed by atoms with Crippen LogP contribution in [0, 0.1) is 5.92 Å². The molecule has 3 heteroatoms. The van der Waals surface area contributed by atoms with Crippen molar-refractivity contribution in [2.45, 2.75) is 38.6 Å². The Morgan fingerprint density at radius 3 is 2.77 bits per heavy atom. The van der Waals surface area contributed by atoms with Crippen LogP contribution in [-0.4, -0.2) is 30.9 Å². The third-order valence-electron chi connectivity index (χ3n) is 4.82. The fourth-order valence-electron chi connectivity index (χ4n) is 3.50. The Morgan fingerprint density at radius 2 is 2.05 bits per heavy atom. The van der Waals surface area contributed by atoms with Crippen LogP contribution in [0.3, 0.4) is 0 Å². The normalized spacial score (nSPS) is 20.6. The number of para-hydroxylation sites is 1. The Kier molecular flexibility index (Phi) is 4.81. The molecule has 118 valence electrons. The minimum Gasteiger partial charge on any atom is -0.371 e. The fraction of sp³-hybridized carbons (Fsp3) is 0.526. The molecular formula is C19H26N2O. The Morgan fingerprint density at radius 1 is 1.27 bits per heavy atom. The lowest BCUT2D eigenvalue weighted by Crippen LogP contribution is -2.29. The third kappa shape index (κ3) is 3.52. The average molecular weight is 298 g/mol. The standard InChI is InChI=1S/C19H26N2O/c1-20(19(22)14-16-8-2-3-9-16)15-17-10-4-5-11-18(17)21-12-6-7-13-21/h2,4-5,8,10-11,16H,3,6-7,9,12-15H2,1H3. The molecule has 0 aromatic heterocycles. The first kappa shape index (κ1) is 15.1. The van der Waals surface area contributed by atoms with Gasteiger partial charge in [-0.05, 0) is 43.2 Å². The van der Waals surface area contributed by atoms with Crippen molar-refractivity contribution in [1.29, 1.82) is 0 Å². The molecule has 22 heavy (non-hydrogen) atoms. The van der Waals surface area contributed by atoms with E-state index in [4.69, 9.17) is 0 Å². The van der Waals surface area contributed by atoms with Gasteiger partial charge in [0.15, 0.2) is 0 Å². The number of hydrogen-bond acceptors (Lipinski definition) is 2. The average Bonchev–Trinajstić information content (AvgIpc) is 3.21. The first-order valence-corrected chi connectivity index (χ1v) is 8.47. The number of anilines is 1. The molecule has 1 unspecified atom stereocenters. The summed E-state index contributed by atoms with van der Waals surface area (Å²) in [7, 11) is 1.93. The zero-order valence-electron chi connectivity index (χ0n) is 13.5. The lowest BCUT2D eigenvalue weighted by Gasteiger charge is -2.25. The van der Waals surface area contributed by atoms with Crippen LogP contribution in [0.5, 0.6) is 0 Å². The SMILES string of the molecule is CN(Cc1ccccc1N1CCCC1)C(=O)CC1C=CCC1. The van der Waals surface area contributed by atoms with E-state index in [-0.39, 0.29) is 5.91 Å². The van der Waals surface area contributed by atoms with Crippen molar-refractivity contribution in [2.75, 3.05) is 25.0 Å². The highest BCUT2D eigenvalue weighted by atomic mass is 16.2. The van der Waals surface area contributed by atoms with Gasteiger partial charge < -0.3 is 9.80 Å². The maximum atomic E-state index is 12.4. The van der Waals surface area contributed by atoms with E-state index in [1.54, 1.807) is 0 Å². The number of amides is 1. The fourth-order valence-corrected chi connectivity index (χ4v) is 3.50. The van der Waals surface area contributed by atoms with Gasteiger partial charge in [0.05, 0.1) is 0 Å². The summed E-state index contributed by atoms with van der Waals surface area (Å²) in [6, 6.07) is 8.53. The minimum absolute atomic E-state index is 0.257. The topological polar surface area (TPSA) is 23.6 Å². The molecule has 1 amide bonds. The molecule has 0 bridgehead atoms. The molecule has 0 radical (unpaired) electrons. The second kappa shape index (κ2) is 6.99. The van der Waals surface area contributed by atoms with Crippen molar-refractivity contribution in [3.8, 4) is 0 Å². The minimum atomic E-state index is 0.257. The number of carbonyl (C=O) groups excluding carboxylic acids is 1. The van der Waals surface area contributed by atoms with Crippen LogP contribution < -0.4 is 4.90 Å². The molecule has 1 saturated heterocycles. The lowest BCUT2D eigenvalue weighted by molar-refractivity contribution is -0.131. The number of rotatable bonds is 5. The largest absolute Gasteiger partial charge is 0.371 e. The van der Waals surface area contributed by atoms with Gasteiger partial charge in [-0.25, -0.2) is 0 Å². The highest BCUT2D eigenvalue weighted by molar-refractivity contribution is 5.76. The van der Waals surface area contributed by atoms with Crippen LogP contribution in [0.2, 0.25) is 0 Å². The molecule has 0 N–H and O–H groups in total. The van der Waals surface area contributed by atoms with Gasteiger partial charge in [0.1, 0.15) is 0 Å².